The first-order valence-electron chi connectivity index (χ1n) is 9.75. The van der Waals surface area contributed by atoms with E-state index >= 15 is 0 Å². The number of amides is 2. The summed E-state index contributed by atoms with van der Waals surface area (Å²) >= 11 is 0. The highest BCUT2D eigenvalue weighted by Gasteiger charge is 2.20. The molecule has 0 saturated carbocycles. The number of hydrogen-bond donors (Lipinski definition) is 3. The van der Waals surface area contributed by atoms with Crippen LogP contribution in [0.5, 0.6) is 5.88 Å². The number of carboxylic acid groups (broad SMARTS) is 1. The molecule has 3 aromatic rings. The number of carbonyl (C=O) groups excluding carboxylic acids is 2. The summed E-state index contributed by atoms with van der Waals surface area (Å²) < 4.78 is 0. The highest BCUT2D eigenvalue weighted by Crippen LogP contribution is 2.27. The number of nitrogens with zero attached hydrogens (tertiary/aromatic N) is 4. The van der Waals surface area contributed by atoms with E-state index in [0.717, 1.165) is 17.3 Å². The van der Waals surface area contributed by atoms with E-state index in [0.29, 0.717) is 11.3 Å². The van der Waals surface area contributed by atoms with Crippen LogP contribution in [0.15, 0.2) is 54.7 Å². The van der Waals surface area contributed by atoms with Crippen LogP contribution in [-0.4, -0.2) is 45.0 Å². The van der Waals surface area contributed by atoms with E-state index < -0.39 is 23.7 Å². The molecular formula is C23H19N5O5. The Labute approximate surface area is 188 Å². The Balaban J connectivity index is 1.73. The predicted octanol–water partition coefficient (Wildman–Crippen LogP) is 2.80. The summed E-state index contributed by atoms with van der Waals surface area (Å²) in [4.78, 5) is 43.9. The number of carbonyl (C=O) groups is 3. The van der Waals surface area contributed by atoms with Gasteiger partial charge in [0, 0.05) is 25.4 Å². The molecule has 0 unspecified atom stereocenters. The molecule has 0 bridgehead atoms. The molecule has 1 heterocycles. The van der Waals surface area contributed by atoms with Crippen LogP contribution in [0.2, 0.25) is 0 Å². The molecule has 3 N–H and O–H groups in total. The van der Waals surface area contributed by atoms with Crippen LogP contribution in [0.25, 0.3) is 11.1 Å². The Morgan fingerprint density at radius 3 is 2.42 bits per heavy atom. The summed E-state index contributed by atoms with van der Waals surface area (Å²) in [5.41, 5.74) is 2.47. The van der Waals surface area contributed by atoms with Crippen LogP contribution >= 0.6 is 0 Å². The van der Waals surface area contributed by atoms with Gasteiger partial charge in [0.2, 0.25) is 17.7 Å². The van der Waals surface area contributed by atoms with Gasteiger partial charge >= 0.3 is 5.97 Å². The molecule has 10 heteroatoms. The number of aromatic nitrogens is 2. The van der Waals surface area contributed by atoms with Crippen molar-refractivity contribution in [2.45, 2.75) is 12.8 Å². The fourth-order valence-electron chi connectivity index (χ4n) is 2.99. The van der Waals surface area contributed by atoms with Crippen LogP contribution in [0.4, 0.5) is 11.6 Å². The SMILES string of the molecule is CN(C(=O)c1cnc(NC(=O)CCC(=O)O)nc1O)c1ccc(-c2ccccc2C#N)cc1. The molecule has 33 heavy (non-hydrogen) atoms. The van der Waals surface area contributed by atoms with Crippen LogP contribution in [0, 0.1) is 11.3 Å². The van der Waals surface area contributed by atoms with Crippen molar-refractivity contribution in [1.29, 1.82) is 5.26 Å². The summed E-state index contributed by atoms with van der Waals surface area (Å²) in [5.74, 6) is -3.22. The van der Waals surface area contributed by atoms with Gasteiger partial charge in [0.15, 0.2) is 0 Å². The molecule has 0 aliphatic rings. The maximum atomic E-state index is 12.8. The standard InChI is InChI=1S/C23H19N5O5/c1-28(16-8-6-14(7-9-16)17-5-3-2-4-15(17)12-24)22(33)18-13-25-23(27-21(18)32)26-19(29)10-11-20(30)31/h2-9,13H,10-11H2,1H3,(H,30,31)(H2,25,26,27,29,32). The molecule has 3 rings (SSSR count). The fourth-order valence-corrected chi connectivity index (χ4v) is 2.99. The van der Waals surface area contributed by atoms with Gasteiger partial charge in [-0.05, 0) is 29.3 Å². The number of nitriles is 1. The van der Waals surface area contributed by atoms with E-state index in [1.165, 1.54) is 11.9 Å². The molecule has 10 nitrogen and oxygen atoms in total. The smallest absolute Gasteiger partial charge is 0.303 e. The van der Waals surface area contributed by atoms with E-state index in [4.69, 9.17) is 5.11 Å². The van der Waals surface area contributed by atoms with Gasteiger partial charge in [0.1, 0.15) is 5.56 Å². The largest absolute Gasteiger partial charge is 0.493 e. The first kappa shape index (κ1) is 22.9. The van der Waals surface area contributed by atoms with Crippen molar-refractivity contribution in [3.63, 3.8) is 0 Å². The molecule has 0 aliphatic heterocycles. The van der Waals surface area contributed by atoms with Gasteiger partial charge in [-0.3, -0.25) is 19.7 Å². The molecule has 0 aliphatic carbocycles. The second-order valence-electron chi connectivity index (χ2n) is 6.94. The van der Waals surface area contributed by atoms with Crippen molar-refractivity contribution in [3.05, 3.63) is 65.9 Å². The van der Waals surface area contributed by atoms with Gasteiger partial charge in [0.25, 0.3) is 5.91 Å². The zero-order chi connectivity index (χ0) is 24.0. The molecule has 1 aromatic heterocycles. The molecule has 0 atom stereocenters. The number of anilines is 2. The van der Waals surface area contributed by atoms with Gasteiger partial charge in [-0.25, -0.2) is 4.98 Å². The van der Waals surface area contributed by atoms with E-state index in [1.54, 1.807) is 36.4 Å². The van der Waals surface area contributed by atoms with Crippen molar-refractivity contribution in [2.24, 2.45) is 0 Å². The molecule has 0 fully saturated rings. The lowest BCUT2D eigenvalue weighted by Crippen LogP contribution is -2.27. The zero-order valence-corrected chi connectivity index (χ0v) is 17.5. The molecular weight excluding hydrogens is 426 g/mol. The minimum atomic E-state index is -1.12. The summed E-state index contributed by atoms with van der Waals surface area (Å²) in [7, 11) is 1.52. The Hall–Kier alpha value is -4.78. The number of aliphatic carboxylic acids is 1. The third-order valence-corrected chi connectivity index (χ3v) is 4.73. The Kier molecular flexibility index (Phi) is 6.95. The minimum absolute atomic E-state index is 0.181. The first-order valence-corrected chi connectivity index (χ1v) is 9.75. The molecule has 166 valence electrons. The average Bonchev–Trinajstić information content (AvgIpc) is 2.82. The summed E-state index contributed by atoms with van der Waals surface area (Å²) in [6.45, 7) is 0. The monoisotopic (exact) mass is 445 g/mol. The van der Waals surface area contributed by atoms with Crippen molar-refractivity contribution in [3.8, 4) is 23.1 Å². The van der Waals surface area contributed by atoms with Crippen LogP contribution in [0.3, 0.4) is 0 Å². The van der Waals surface area contributed by atoms with Gasteiger partial charge < -0.3 is 15.1 Å². The first-order chi connectivity index (χ1) is 15.8. The second-order valence-corrected chi connectivity index (χ2v) is 6.94. The van der Waals surface area contributed by atoms with Gasteiger partial charge in [-0.15, -0.1) is 0 Å². The highest BCUT2D eigenvalue weighted by atomic mass is 16.4. The number of aromatic hydroxyl groups is 1. The van der Waals surface area contributed by atoms with Crippen molar-refractivity contribution < 1.29 is 24.6 Å². The zero-order valence-electron chi connectivity index (χ0n) is 17.5. The van der Waals surface area contributed by atoms with E-state index in [2.05, 4.69) is 21.4 Å². The van der Waals surface area contributed by atoms with E-state index in [-0.39, 0.29) is 24.4 Å². The number of rotatable bonds is 7. The molecule has 2 aromatic carbocycles. The normalized spacial score (nSPS) is 10.2. The summed E-state index contributed by atoms with van der Waals surface area (Å²) in [6, 6.07) is 16.3. The third-order valence-electron chi connectivity index (χ3n) is 4.73. The van der Waals surface area contributed by atoms with Crippen molar-refractivity contribution >= 4 is 29.4 Å². The van der Waals surface area contributed by atoms with Gasteiger partial charge in [-0.1, -0.05) is 30.3 Å². The van der Waals surface area contributed by atoms with Crippen LogP contribution in [0.1, 0.15) is 28.8 Å². The van der Waals surface area contributed by atoms with E-state index in [9.17, 15) is 24.8 Å². The maximum Gasteiger partial charge on any atom is 0.303 e. The number of carboxylic acids is 1. The lowest BCUT2D eigenvalue weighted by Gasteiger charge is -2.18. The van der Waals surface area contributed by atoms with Gasteiger partial charge in [0.05, 0.1) is 18.1 Å². The number of benzene rings is 2. The van der Waals surface area contributed by atoms with Crippen LogP contribution < -0.4 is 10.2 Å². The Morgan fingerprint density at radius 1 is 1.09 bits per heavy atom. The summed E-state index contributed by atoms with van der Waals surface area (Å²) in [5, 5.41) is 30.3. The molecule has 2 amide bonds. The lowest BCUT2D eigenvalue weighted by atomic mass is 10.00. The maximum absolute atomic E-state index is 12.8. The second kappa shape index (κ2) is 10.0. The molecule has 0 spiro atoms. The highest BCUT2D eigenvalue weighted by molar-refractivity contribution is 6.07. The topological polar surface area (TPSA) is 157 Å². The fraction of sp³-hybridized carbons (Fsp3) is 0.130. The minimum Gasteiger partial charge on any atom is -0.493 e. The van der Waals surface area contributed by atoms with Crippen LogP contribution in [-0.2, 0) is 9.59 Å². The third kappa shape index (κ3) is 5.48. The van der Waals surface area contributed by atoms with Gasteiger partial charge in [-0.2, -0.15) is 10.2 Å². The average molecular weight is 445 g/mol. The lowest BCUT2D eigenvalue weighted by molar-refractivity contribution is -0.138. The summed E-state index contributed by atoms with van der Waals surface area (Å²) in [6.07, 6.45) is 0.434. The predicted molar refractivity (Wildman–Crippen MR) is 119 cm³/mol. The van der Waals surface area contributed by atoms with E-state index in [1.807, 2.05) is 12.1 Å². The number of nitrogens with one attached hydrogen (secondary N) is 1. The number of hydrogen-bond acceptors (Lipinski definition) is 7. The van der Waals surface area contributed by atoms with Crippen molar-refractivity contribution in [1.82, 2.24) is 9.97 Å². The molecule has 0 radical (unpaired) electrons. The molecule has 0 saturated heterocycles. The van der Waals surface area contributed by atoms with Crippen molar-refractivity contribution in [2.75, 3.05) is 17.3 Å². The quantitative estimate of drug-likeness (QED) is 0.501. The Morgan fingerprint density at radius 2 is 1.79 bits per heavy atom. The Bertz CT molecular complexity index is 1250.